The van der Waals surface area contributed by atoms with Crippen LogP contribution in [0.25, 0.3) is 0 Å². The zero-order chi connectivity index (χ0) is 12.9. The van der Waals surface area contributed by atoms with Crippen molar-refractivity contribution in [3.8, 4) is 0 Å². The molecule has 96 valence electrons. The van der Waals surface area contributed by atoms with E-state index in [0.29, 0.717) is 24.3 Å². The van der Waals surface area contributed by atoms with Crippen LogP contribution in [0.5, 0.6) is 0 Å². The van der Waals surface area contributed by atoms with Crippen molar-refractivity contribution in [2.24, 2.45) is 0 Å². The monoisotopic (exact) mass is 257 g/mol. The van der Waals surface area contributed by atoms with Gasteiger partial charge in [-0.3, -0.25) is 9.71 Å². The Labute approximate surface area is 103 Å². The van der Waals surface area contributed by atoms with Crippen molar-refractivity contribution < 1.29 is 8.42 Å². The lowest BCUT2D eigenvalue weighted by atomic mass is 10.3. The number of pyridine rings is 1. The van der Waals surface area contributed by atoms with E-state index >= 15 is 0 Å². The molecule has 0 amide bonds. The average Bonchev–Trinajstić information content (AvgIpc) is 2.22. The first-order chi connectivity index (χ1) is 7.94. The van der Waals surface area contributed by atoms with Gasteiger partial charge in [0.25, 0.3) is 0 Å². The van der Waals surface area contributed by atoms with Crippen LogP contribution in [-0.2, 0) is 10.0 Å². The molecule has 17 heavy (non-hydrogen) atoms. The lowest BCUT2D eigenvalue weighted by Gasteiger charge is -2.10. The summed E-state index contributed by atoms with van der Waals surface area (Å²) in [6, 6.07) is 3.53. The number of hydrogen-bond donors (Lipinski definition) is 2. The van der Waals surface area contributed by atoms with Crippen molar-refractivity contribution in [2.75, 3.05) is 24.1 Å². The molecule has 1 aromatic heterocycles. The number of aryl methyl sites for hydroxylation is 2. The van der Waals surface area contributed by atoms with Crippen molar-refractivity contribution >= 4 is 15.7 Å². The molecule has 5 nitrogen and oxygen atoms in total. The Bertz CT molecular complexity index is 472. The Hall–Kier alpha value is -1.14. The van der Waals surface area contributed by atoms with Gasteiger partial charge in [-0.2, -0.15) is 0 Å². The molecule has 0 radical (unpaired) electrons. The van der Waals surface area contributed by atoms with E-state index in [4.69, 9.17) is 0 Å². The molecule has 0 spiro atoms. The fourth-order valence-corrected chi connectivity index (χ4v) is 2.63. The molecular formula is C11H19N3O2S. The third-order valence-corrected chi connectivity index (χ3v) is 3.69. The number of hydrogen-bond acceptors (Lipinski definition) is 4. The van der Waals surface area contributed by atoms with Gasteiger partial charge in [0, 0.05) is 5.69 Å². The Morgan fingerprint density at radius 2 is 2.00 bits per heavy atom. The van der Waals surface area contributed by atoms with Gasteiger partial charge in [0.2, 0.25) is 10.0 Å². The normalized spacial score (nSPS) is 11.5. The lowest BCUT2D eigenvalue weighted by Crippen LogP contribution is -2.20. The molecule has 0 unspecified atom stereocenters. The summed E-state index contributed by atoms with van der Waals surface area (Å²) in [5.41, 5.74) is 2.13. The maximum atomic E-state index is 11.7. The molecule has 0 bridgehead atoms. The fourth-order valence-electron chi connectivity index (χ4n) is 1.45. The minimum Gasteiger partial charge on any atom is -0.320 e. The van der Waals surface area contributed by atoms with Crippen LogP contribution in [0.15, 0.2) is 12.1 Å². The Kier molecular flexibility index (Phi) is 4.89. The molecule has 1 aromatic rings. The second-order valence-corrected chi connectivity index (χ2v) is 5.81. The second-order valence-electron chi connectivity index (χ2n) is 3.96. The zero-order valence-electron chi connectivity index (χ0n) is 10.4. The quantitative estimate of drug-likeness (QED) is 0.747. The van der Waals surface area contributed by atoms with Crippen LogP contribution < -0.4 is 10.0 Å². The van der Waals surface area contributed by atoms with E-state index < -0.39 is 10.0 Å². The van der Waals surface area contributed by atoms with Gasteiger partial charge in [-0.15, -0.1) is 0 Å². The first kappa shape index (κ1) is 13.9. The highest BCUT2D eigenvalue weighted by molar-refractivity contribution is 7.92. The summed E-state index contributed by atoms with van der Waals surface area (Å²) in [7, 11) is -1.47. The largest absolute Gasteiger partial charge is 0.320 e. The number of anilines is 1. The third kappa shape index (κ3) is 4.70. The van der Waals surface area contributed by atoms with Gasteiger partial charge in [0.05, 0.1) is 17.1 Å². The molecule has 1 rings (SSSR count). The molecule has 0 atom stereocenters. The van der Waals surface area contributed by atoms with Crippen LogP contribution >= 0.6 is 0 Å². The third-order valence-electron chi connectivity index (χ3n) is 2.33. The Balaban J connectivity index is 2.69. The topological polar surface area (TPSA) is 71.1 Å². The van der Waals surface area contributed by atoms with Crippen molar-refractivity contribution in [2.45, 2.75) is 20.3 Å². The summed E-state index contributed by atoms with van der Waals surface area (Å²) in [4.78, 5) is 4.21. The summed E-state index contributed by atoms with van der Waals surface area (Å²) >= 11 is 0. The van der Waals surface area contributed by atoms with Crippen molar-refractivity contribution in [3.63, 3.8) is 0 Å². The highest BCUT2D eigenvalue weighted by Gasteiger charge is 2.11. The predicted octanol–water partition coefficient (Wildman–Crippen LogP) is 1.05. The SMILES string of the molecule is CNCCCS(=O)(=O)Nc1ccc(C)nc1C. The molecule has 0 aliphatic carbocycles. The number of rotatable bonds is 6. The fraction of sp³-hybridized carbons (Fsp3) is 0.545. The van der Waals surface area contributed by atoms with E-state index in [0.717, 1.165) is 5.69 Å². The molecule has 0 aromatic carbocycles. The summed E-state index contributed by atoms with van der Waals surface area (Å²) in [5.74, 6) is 0.112. The standard InChI is InChI=1S/C11H19N3O2S/c1-9-5-6-11(10(2)13-9)14-17(15,16)8-4-7-12-3/h5-6,12,14H,4,7-8H2,1-3H3. The van der Waals surface area contributed by atoms with Crippen molar-refractivity contribution in [1.82, 2.24) is 10.3 Å². The van der Waals surface area contributed by atoms with E-state index in [1.54, 1.807) is 26.1 Å². The van der Waals surface area contributed by atoms with Crippen LogP contribution in [0, 0.1) is 13.8 Å². The van der Waals surface area contributed by atoms with Gasteiger partial charge in [-0.05, 0) is 46.0 Å². The van der Waals surface area contributed by atoms with Crippen LogP contribution in [0.3, 0.4) is 0 Å². The average molecular weight is 257 g/mol. The minimum atomic E-state index is -3.27. The van der Waals surface area contributed by atoms with Gasteiger partial charge < -0.3 is 5.32 Å². The maximum Gasteiger partial charge on any atom is 0.232 e. The highest BCUT2D eigenvalue weighted by atomic mass is 32.2. The van der Waals surface area contributed by atoms with Gasteiger partial charge in [0.1, 0.15) is 0 Å². The van der Waals surface area contributed by atoms with E-state index in [2.05, 4.69) is 15.0 Å². The molecule has 0 aliphatic heterocycles. The summed E-state index contributed by atoms with van der Waals surface area (Å²) < 4.78 is 26.0. The van der Waals surface area contributed by atoms with Crippen molar-refractivity contribution in [3.05, 3.63) is 23.5 Å². The van der Waals surface area contributed by atoms with Gasteiger partial charge in [-0.25, -0.2) is 8.42 Å². The lowest BCUT2D eigenvalue weighted by molar-refractivity contribution is 0.597. The van der Waals surface area contributed by atoms with Gasteiger partial charge in [0.15, 0.2) is 0 Å². The number of nitrogens with zero attached hydrogens (tertiary/aromatic N) is 1. The smallest absolute Gasteiger partial charge is 0.232 e. The molecule has 0 saturated carbocycles. The Morgan fingerprint density at radius 3 is 2.59 bits per heavy atom. The van der Waals surface area contributed by atoms with E-state index in [-0.39, 0.29) is 5.75 Å². The maximum absolute atomic E-state index is 11.7. The van der Waals surface area contributed by atoms with Gasteiger partial charge >= 0.3 is 0 Å². The van der Waals surface area contributed by atoms with E-state index in [1.165, 1.54) is 0 Å². The summed E-state index contributed by atoms with van der Waals surface area (Å²) in [5, 5.41) is 2.92. The number of nitrogens with one attached hydrogen (secondary N) is 2. The van der Waals surface area contributed by atoms with Crippen LogP contribution in [-0.4, -0.2) is 32.7 Å². The summed E-state index contributed by atoms with van der Waals surface area (Å²) in [6.45, 7) is 4.35. The van der Waals surface area contributed by atoms with Gasteiger partial charge in [-0.1, -0.05) is 0 Å². The van der Waals surface area contributed by atoms with Crippen LogP contribution in [0.4, 0.5) is 5.69 Å². The van der Waals surface area contributed by atoms with E-state index in [9.17, 15) is 8.42 Å². The molecule has 1 heterocycles. The Morgan fingerprint density at radius 1 is 1.29 bits per heavy atom. The predicted molar refractivity (Wildman–Crippen MR) is 69.7 cm³/mol. The highest BCUT2D eigenvalue weighted by Crippen LogP contribution is 2.14. The molecule has 0 saturated heterocycles. The minimum absolute atomic E-state index is 0.112. The van der Waals surface area contributed by atoms with Crippen LogP contribution in [0.1, 0.15) is 17.8 Å². The zero-order valence-corrected chi connectivity index (χ0v) is 11.3. The first-order valence-electron chi connectivity index (χ1n) is 5.54. The number of aromatic nitrogens is 1. The molecule has 0 aliphatic rings. The van der Waals surface area contributed by atoms with Crippen molar-refractivity contribution in [1.29, 1.82) is 0 Å². The second kappa shape index (κ2) is 5.97. The van der Waals surface area contributed by atoms with E-state index in [1.807, 2.05) is 6.92 Å². The molecular weight excluding hydrogens is 238 g/mol. The van der Waals surface area contributed by atoms with Crippen LogP contribution in [0.2, 0.25) is 0 Å². The number of sulfonamides is 1. The molecule has 0 fully saturated rings. The molecule has 6 heteroatoms. The summed E-state index contributed by atoms with van der Waals surface area (Å²) in [6.07, 6.45) is 0.587. The molecule has 2 N–H and O–H groups in total. The first-order valence-corrected chi connectivity index (χ1v) is 7.19.